The molecule has 168 valence electrons. The molecule has 0 atom stereocenters. The third kappa shape index (κ3) is 4.80. The van der Waals surface area contributed by atoms with Crippen molar-refractivity contribution in [1.82, 2.24) is 9.88 Å². The number of aromatic nitrogens is 1. The van der Waals surface area contributed by atoms with Crippen LogP contribution in [0.2, 0.25) is 0 Å². The Labute approximate surface area is 184 Å². The highest BCUT2D eigenvalue weighted by atomic mass is 19.4. The fourth-order valence-corrected chi connectivity index (χ4v) is 3.72. The minimum Gasteiger partial charge on any atom is -0.493 e. The summed E-state index contributed by atoms with van der Waals surface area (Å²) in [4.78, 5) is 6.64. The predicted octanol–water partition coefficient (Wildman–Crippen LogP) is 5.18. The smallest absolute Gasteiger partial charge is 0.416 e. The van der Waals surface area contributed by atoms with Crippen LogP contribution in [0.3, 0.4) is 0 Å². The normalized spacial score (nSPS) is 14.3. The molecule has 0 aliphatic carbocycles. The molecule has 0 N–H and O–H groups in total. The van der Waals surface area contributed by atoms with Gasteiger partial charge in [0.1, 0.15) is 6.61 Å². The summed E-state index contributed by atoms with van der Waals surface area (Å²) in [5.74, 6) is 1.80. The fraction of sp³-hybridized carbons (Fsp3) is 0.292. The molecule has 8 heteroatoms. The number of ether oxygens (including phenoxy) is 3. The SMILES string of the molecule is COc1cccc(-c2cc3c(c(OC)c2)OCCN(Cc2ccc(C(F)(F)F)cc2)C3)n1. The highest BCUT2D eigenvalue weighted by Crippen LogP contribution is 2.38. The number of hydrogen-bond donors (Lipinski definition) is 0. The molecule has 4 rings (SSSR count). The molecule has 0 fully saturated rings. The van der Waals surface area contributed by atoms with Gasteiger partial charge in [-0.15, -0.1) is 0 Å². The average Bonchev–Trinajstić information content (AvgIpc) is 3.00. The first-order chi connectivity index (χ1) is 15.4. The molecule has 3 aromatic rings. The van der Waals surface area contributed by atoms with Crippen molar-refractivity contribution in [2.24, 2.45) is 0 Å². The largest absolute Gasteiger partial charge is 0.493 e. The summed E-state index contributed by atoms with van der Waals surface area (Å²) in [5, 5.41) is 0. The van der Waals surface area contributed by atoms with E-state index in [-0.39, 0.29) is 0 Å². The number of nitrogens with zero attached hydrogens (tertiary/aromatic N) is 2. The lowest BCUT2D eigenvalue weighted by molar-refractivity contribution is -0.137. The third-order valence-corrected chi connectivity index (χ3v) is 5.32. The number of hydrogen-bond acceptors (Lipinski definition) is 5. The molecule has 1 aliphatic heterocycles. The van der Waals surface area contributed by atoms with Crippen LogP contribution < -0.4 is 14.2 Å². The quantitative estimate of drug-likeness (QED) is 0.543. The van der Waals surface area contributed by atoms with Gasteiger partial charge in [0.25, 0.3) is 0 Å². The van der Waals surface area contributed by atoms with Crippen LogP contribution in [-0.2, 0) is 19.3 Å². The first-order valence-electron chi connectivity index (χ1n) is 10.1. The van der Waals surface area contributed by atoms with E-state index < -0.39 is 11.7 Å². The molecule has 0 spiro atoms. The second-order valence-corrected chi connectivity index (χ2v) is 7.49. The summed E-state index contributed by atoms with van der Waals surface area (Å²) in [6, 6.07) is 14.7. The Morgan fingerprint density at radius 2 is 1.81 bits per heavy atom. The maximum atomic E-state index is 12.8. The van der Waals surface area contributed by atoms with E-state index in [1.54, 1.807) is 20.3 Å². The molecular formula is C24H23F3N2O3. The lowest BCUT2D eigenvalue weighted by Crippen LogP contribution is -2.25. The Hall–Kier alpha value is -3.26. The maximum absolute atomic E-state index is 12.8. The Morgan fingerprint density at radius 3 is 2.50 bits per heavy atom. The molecule has 2 heterocycles. The zero-order valence-corrected chi connectivity index (χ0v) is 17.8. The topological polar surface area (TPSA) is 43.8 Å². The van der Waals surface area contributed by atoms with Crippen molar-refractivity contribution < 1.29 is 27.4 Å². The summed E-state index contributed by atoms with van der Waals surface area (Å²) in [6.07, 6.45) is -4.34. The minimum atomic E-state index is -4.34. The minimum absolute atomic E-state index is 0.445. The number of alkyl halides is 3. The first kappa shape index (κ1) is 22.0. The number of halogens is 3. The molecular weight excluding hydrogens is 421 g/mol. The molecule has 32 heavy (non-hydrogen) atoms. The van der Waals surface area contributed by atoms with Crippen molar-refractivity contribution in [3.05, 3.63) is 71.3 Å². The lowest BCUT2D eigenvalue weighted by Gasteiger charge is -2.20. The Morgan fingerprint density at radius 1 is 1.03 bits per heavy atom. The third-order valence-electron chi connectivity index (χ3n) is 5.32. The van der Waals surface area contributed by atoms with Gasteiger partial charge >= 0.3 is 6.18 Å². The van der Waals surface area contributed by atoms with Crippen LogP contribution in [0, 0.1) is 0 Å². The number of pyridine rings is 1. The van der Waals surface area contributed by atoms with E-state index in [2.05, 4.69) is 9.88 Å². The van der Waals surface area contributed by atoms with Crippen LogP contribution in [0.5, 0.6) is 17.4 Å². The summed E-state index contributed by atoms with van der Waals surface area (Å²) in [7, 11) is 3.16. The molecule has 5 nitrogen and oxygen atoms in total. The molecule has 0 radical (unpaired) electrons. The number of benzene rings is 2. The average molecular weight is 444 g/mol. The van der Waals surface area contributed by atoms with Crippen molar-refractivity contribution in [3.63, 3.8) is 0 Å². The molecule has 1 aliphatic rings. The molecule has 0 saturated carbocycles. The van der Waals surface area contributed by atoms with Gasteiger partial charge in [-0.3, -0.25) is 4.90 Å². The van der Waals surface area contributed by atoms with Gasteiger partial charge in [-0.05, 0) is 35.9 Å². The van der Waals surface area contributed by atoms with Crippen molar-refractivity contribution in [2.45, 2.75) is 19.3 Å². The highest BCUT2D eigenvalue weighted by molar-refractivity contribution is 5.67. The molecule has 1 aromatic heterocycles. The van der Waals surface area contributed by atoms with Gasteiger partial charge in [0, 0.05) is 36.8 Å². The predicted molar refractivity (Wildman–Crippen MR) is 114 cm³/mol. The molecule has 0 amide bonds. The van der Waals surface area contributed by atoms with Crippen LogP contribution in [0.1, 0.15) is 16.7 Å². The fourth-order valence-electron chi connectivity index (χ4n) is 3.72. The summed E-state index contributed by atoms with van der Waals surface area (Å²) in [5.41, 5.74) is 2.68. The van der Waals surface area contributed by atoms with Gasteiger partial charge < -0.3 is 14.2 Å². The van der Waals surface area contributed by atoms with Crippen molar-refractivity contribution >= 4 is 0 Å². The van der Waals surface area contributed by atoms with E-state index in [1.807, 2.05) is 24.3 Å². The lowest BCUT2D eigenvalue weighted by atomic mass is 10.0. The van der Waals surface area contributed by atoms with Crippen LogP contribution in [-0.4, -0.2) is 37.3 Å². The van der Waals surface area contributed by atoms with Crippen LogP contribution in [0.15, 0.2) is 54.6 Å². The molecule has 0 saturated heterocycles. The summed E-state index contributed by atoms with van der Waals surface area (Å²) in [6.45, 7) is 2.14. The van der Waals surface area contributed by atoms with E-state index in [0.29, 0.717) is 43.6 Å². The van der Waals surface area contributed by atoms with Crippen molar-refractivity contribution in [3.8, 4) is 28.6 Å². The standard InChI is InChI=1S/C24H23F3N2O3/c1-30-21-13-17(20-4-3-5-22(28-20)31-2)12-18-15-29(10-11-32-23(18)21)14-16-6-8-19(9-7-16)24(25,26)27/h3-9,12-13H,10-11,14-15H2,1-2H3. The number of methoxy groups -OCH3 is 2. The monoisotopic (exact) mass is 444 g/mol. The van der Waals surface area contributed by atoms with E-state index in [4.69, 9.17) is 14.2 Å². The van der Waals surface area contributed by atoms with Crippen LogP contribution in [0.4, 0.5) is 13.2 Å². The first-order valence-corrected chi connectivity index (χ1v) is 10.1. The van der Waals surface area contributed by atoms with Crippen molar-refractivity contribution in [2.75, 3.05) is 27.4 Å². The second-order valence-electron chi connectivity index (χ2n) is 7.49. The van der Waals surface area contributed by atoms with Gasteiger partial charge in [0.2, 0.25) is 5.88 Å². The maximum Gasteiger partial charge on any atom is 0.416 e. The summed E-state index contributed by atoms with van der Waals surface area (Å²) >= 11 is 0. The zero-order valence-electron chi connectivity index (χ0n) is 17.8. The van der Waals surface area contributed by atoms with Gasteiger partial charge in [0.05, 0.1) is 25.5 Å². The van der Waals surface area contributed by atoms with Gasteiger partial charge in [-0.1, -0.05) is 18.2 Å². The van der Waals surface area contributed by atoms with E-state index >= 15 is 0 Å². The van der Waals surface area contributed by atoms with Gasteiger partial charge in [-0.2, -0.15) is 13.2 Å². The van der Waals surface area contributed by atoms with E-state index in [1.165, 1.54) is 12.1 Å². The molecule has 2 aromatic carbocycles. The Bertz CT molecular complexity index is 1080. The van der Waals surface area contributed by atoms with E-state index in [9.17, 15) is 13.2 Å². The Balaban J connectivity index is 1.61. The number of fused-ring (bicyclic) bond motifs is 1. The highest BCUT2D eigenvalue weighted by Gasteiger charge is 2.30. The second kappa shape index (κ2) is 9.08. The van der Waals surface area contributed by atoms with Crippen LogP contribution in [0.25, 0.3) is 11.3 Å². The van der Waals surface area contributed by atoms with E-state index in [0.717, 1.165) is 34.5 Å². The molecule has 0 bridgehead atoms. The van der Waals surface area contributed by atoms with Crippen LogP contribution >= 0.6 is 0 Å². The number of rotatable bonds is 5. The Kier molecular flexibility index (Phi) is 6.23. The van der Waals surface area contributed by atoms with Gasteiger partial charge in [0.15, 0.2) is 11.5 Å². The van der Waals surface area contributed by atoms with Gasteiger partial charge in [-0.25, -0.2) is 4.98 Å². The zero-order chi connectivity index (χ0) is 22.7. The summed E-state index contributed by atoms with van der Waals surface area (Å²) < 4.78 is 55.3. The van der Waals surface area contributed by atoms with Crippen molar-refractivity contribution in [1.29, 1.82) is 0 Å². The molecule has 0 unspecified atom stereocenters.